The van der Waals surface area contributed by atoms with E-state index in [1.54, 1.807) is 0 Å². The Morgan fingerprint density at radius 3 is 1.89 bits per heavy atom. The van der Waals surface area contributed by atoms with Gasteiger partial charge in [-0.2, -0.15) is 39.5 Å². The van der Waals surface area contributed by atoms with E-state index in [0.29, 0.717) is 49.7 Å². The number of hydrogen-bond donors (Lipinski definition) is 0. The van der Waals surface area contributed by atoms with Crippen LogP contribution in [0.3, 0.4) is 0 Å². The van der Waals surface area contributed by atoms with Crippen LogP contribution in [-0.2, 0) is 12.7 Å². The topological polar surface area (TPSA) is 9.72 Å². The molecule has 12 heteroatoms. The van der Waals surface area contributed by atoms with Gasteiger partial charge in [-0.05, 0) is 81.3 Å². The van der Waals surface area contributed by atoms with Crippen LogP contribution >= 0.6 is 0 Å². The zero-order valence-corrected chi connectivity index (χ0v) is 19.7. The molecule has 0 atom stereocenters. The van der Waals surface area contributed by atoms with Crippen LogP contribution in [0.2, 0.25) is 0 Å². The minimum Gasteiger partial charge on any atom is -0.371 e. The lowest BCUT2D eigenvalue weighted by molar-refractivity contribution is -0.290. The summed E-state index contributed by atoms with van der Waals surface area (Å²) in [5, 5.41) is 0. The first kappa shape index (κ1) is 27.3. The first-order valence-electron chi connectivity index (χ1n) is 12.2. The monoisotopic (exact) mass is 531 g/mol. The number of rotatable bonds is 4. The zero-order valence-electron chi connectivity index (χ0n) is 19.7. The van der Waals surface area contributed by atoms with E-state index in [9.17, 15) is 39.5 Å². The van der Waals surface area contributed by atoms with Crippen LogP contribution in [0.4, 0.5) is 45.2 Å². The fourth-order valence-corrected chi connectivity index (χ4v) is 5.97. The molecule has 3 saturated heterocycles. The molecule has 3 nitrogen and oxygen atoms in total. The average molecular weight is 532 g/mol. The maximum atomic E-state index is 13.4. The van der Waals surface area contributed by atoms with Crippen molar-refractivity contribution < 1.29 is 39.5 Å². The van der Waals surface area contributed by atoms with Crippen molar-refractivity contribution in [2.24, 2.45) is 5.41 Å². The fourth-order valence-electron chi connectivity index (χ4n) is 5.97. The Bertz CT molecular complexity index is 882. The highest BCUT2D eigenvalue weighted by Crippen LogP contribution is 2.45. The molecule has 0 N–H and O–H groups in total. The minimum absolute atomic E-state index is 0.220. The van der Waals surface area contributed by atoms with E-state index in [0.717, 1.165) is 30.9 Å². The second kappa shape index (κ2) is 9.89. The second-order valence-electron chi connectivity index (χ2n) is 10.4. The summed E-state index contributed by atoms with van der Waals surface area (Å²) in [5.41, 5.74) is 0.225. The predicted octanol–water partition coefficient (Wildman–Crippen LogP) is 6.48. The lowest BCUT2D eigenvalue weighted by Gasteiger charge is -2.43. The summed E-state index contributed by atoms with van der Waals surface area (Å²) < 4.78 is 119. The molecule has 0 radical (unpaired) electrons. The van der Waals surface area contributed by atoms with Gasteiger partial charge < -0.3 is 4.90 Å². The van der Waals surface area contributed by atoms with Gasteiger partial charge in [-0.15, -0.1) is 0 Å². The summed E-state index contributed by atoms with van der Waals surface area (Å²) in [7, 11) is 0. The van der Waals surface area contributed by atoms with Crippen LogP contribution in [0.25, 0.3) is 0 Å². The molecule has 0 bridgehead atoms. The lowest BCUT2D eigenvalue weighted by atomic mass is 9.77. The van der Waals surface area contributed by atoms with Crippen LogP contribution < -0.4 is 4.90 Å². The standard InChI is InChI=1S/C24H30F9N3/c25-22(26,27)18-5-4-17(19(14-18)35-9-2-1-3-10-35)15-34-11-6-21(16-34)7-12-36(13-8-21)20(23(28,29)30)24(31,32)33/h4-5,14,20H,1-3,6-13,15-16H2. The molecule has 4 rings (SSSR count). The summed E-state index contributed by atoms with van der Waals surface area (Å²) in [4.78, 5) is 4.53. The van der Waals surface area contributed by atoms with Crippen molar-refractivity contribution >= 4 is 5.69 Å². The van der Waals surface area contributed by atoms with Crippen molar-refractivity contribution in [2.45, 2.75) is 69.6 Å². The van der Waals surface area contributed by atoms with Gasteiger partial charge in [0.15, 0.2) is 0 Å². The Kier molecular flexibility index (Phi) is 7.51. The highest BCUT2D eigenvalue weighted by atomic mass is 19.4. The third-order valence-electron chi connectivity index (χ3n) is 7.86. The average Bonchev–Trinajstić information content (AvgIpc) is 3.16. The van der Waals surface area contributed by atoms with Crippen molar-refractivity contribution in [2.75, 3.05) is 44.2 Å². The first-order chi connectivity index (χ1) is 16.7. The molecular formula is C24H30F9N3. The van der Waals surface area contributed by atoms with Crippen LogP contribution in [0.1, 0.15) is 49.7 Å². The second-order valence-corrected chi connectivity index (χ2v) is 10.4. The molecule has 0 aliphatic carbocycles. The van der Waals surface area contributed by atoms with E-state index < -0.39 is 30.1 Å². The van der Waals surface area contributed by atoms with Crippen molar-refractivity contribution in [1.82, 2.24) is 9.80 Å². The molecule has 0 unspecified atom stereocenters. The zero-order chi connectivity index (χ0) is 26.4. The number of anilines is 1. The molecule has 204 valence electrons. The van der Waals surface area contributed by atoms with Gasteiger partial charge in [0, 0.05) is 31.9 Å². The van der Waals surface area contributed by atoms with Crippen LogP contribution in [0, 0.1) is 5.41 Å². The quantitative estimate of drug-likeness (QED) is 0.412. The number of benzene rings is 1. The van der Waals surface area contributed by atoms with Gasteiger partial charge in [-0.25, -0.2) is 0 Å². The third kappa shape index (κ3) is 6.06. The molecule has 1 aromatic rings. The lowest BCUT2D eigenvalue weighted by Crippen LogP contribution is -2.58. The molecule has 1 spiro atoms. The molecule has 1 aromatic carbocycles. The number of hydrogen-bond acceptors (Lipinski definition) is 3. The molecule has 3 heterocycles. The van der Waals surface area contributed by atoms with Gasteiger partial charge in [0.1, 0.15) is 0 Å². The summed E-state index contributed by atoms with van der Waals surface area (Å²) in [6, 6.07) is 0.303. The van der Waals surface area contributed by atoms with E-state index >= 15 is 0 Å². The number of halogens is 9. The Morgan fingerprint density at radius 1 is 0.750 bits per heavy atom. The van der Waals surface area contributed by atoms with Gasteiger partial charge in [0.2, 0.25) is 6.04 Å². The molecule has 3 aliphatic heterocycles. The van der Waals surface area contributed by atoms with Crippen molar-refractivity contribution in [3.8, 4) is 0 Å². The van der Waals surface area contributed by atoms with Crippen LogP contribution in [0.15, 0.2) is 18.2 Å². The van der Waals surface area contributed by atoms with E-state index in [1.165, 1.54) is 12.1 Å². The predicted molar refractivity (Wildman–Crippen MR) is 117 cm³/mol. The normalized spacial score (nSPS) is 22.7. The maximum absolute atomic E-state index is 13.4. The van der Waals surface area contributed by atoms with Gasteiger partial charge in [0.25, 0.3) is 0 Å². The summed E-state index contributed by atoms with van der Waals surface area (Å²) in [5.74, 6) is 0. The van der Waals surface area contributed by atoms with Crippen LogP contribution in [-0.4, -0.2) is 67.5 Å². The van der Waals surface area contributed by atoms with Gasteiger partial charge in [-0.1, -0.05) is 6.07 Å². The molecule has 3 fully saturated rings. The number of piperidine rings is 2. The Labute approximate surface area is 204 Å². The summed E-state index contributed by atoms with van der Waals surface area (Å²) in [6.07, 6.45) is -11.3. The largest absolute Gasteiger partial charge is 0.416 e. The molecule has 0 saturated carbocycles. The van der Waals surface area contributed by atoms with Crippen molar-refractivity contribution in [1.29, 1.82) is 0 Å². The van der Waals surface area contributed by atoms with E-state index in [4.69, 9.17) is 0 Å². The number of nitrogens with zero attached hydrogens (tertiary/aromatic N) is 3. The maximum Gasteiger partial charge on any atom is 0.416 e. The Hall–Kier alpha value is -1.69. The van der Waals surface area contributed by atoms with Crippen LogP contribution in [0.5, 0.6) is 0 Å². The summed E-state index contributed by atoms with van der Waals surface area (Å²) in [6.45, 7) is 2.25. The Balaban J connectivity index is 1.44. The number of likely N-dealkylation sites (tertiary alicyclic amines) is 2. The summed E-state index contributed by atoms with van der Waals surface area (Å²) >= 11 is 0. The van der Waals surface area contributed by atoms with Crippen molar-refractivity contribution in [3.63, 3.8) is 0 Å². The number of alkyl halides is 9. The van der Waals surface area contributed by atoms with E-state index in [2.05, 4.69) is 4.90 Å². The van der Waals surface area contributed by atoms with Gasteiger partial charge in [-0.3, -0.25) is 9.80 Å². The fraction of sp³-hybridized carbons (Fsp3) is 0.750. The third-order valence-corrected chi connectivity index (χ3v) is 7.86. The van der Waals surface area contributed by atoms with E-state index in [1.807, 2.05) is 4.90 Å². The molecule has 36 heavy (non-hydrogen) atoms. The van der Waals surface area contributed by atoms with Gasteiger partial charge in [0.05, 0.1) is 5.56 Å². The molecule has 3 aliphatic rings. The first-order valence-corrected chi connectivity index (χ1v) is 12.2. The van der Waals surface area contributed by atoms with E-state index in [-0.39, 0.29) is 31.3 Å². The SMILES string of the molecule is FC(F)(F)c1ccc(CN2CCC3(CCN(C(C(F)(F)F)C(F)(F)F)CC3)C2)c(N2CCCCC2)c1. The molecule has 0 aromatic heterocycles. The molecular weight excluding hydrogens is 501 g/mol. The smallest absolute Gasteiger partial charge is 0.371 e. The Morgan fingerprint density at radius 2 is 1.33 bits per heavy atom. The minimum atomic E-state index is -5.39. The highest BCUT2D eigenvalue weighted by molar-refractivity contribution is 5.56. The highest BCUT2D eigenvalue weighted by Gasteiger charge is 2.60. The van der Waals surface area contributed by atoms with Crippen molar-refractivity contribution in [3.05, 3.63) is 29.3 Å². The van der Waals surface area contributed by atoms with Gasteiger partial charge >= 0.3 is 18.5 Å². The molecule has 0 amide bonds.